The van der Waals surface area contributed by atoms with Crippen LogP contribution in [-0.4, -0.2) is 35.4 Å². The Kier molecular flexibility index (Phi) is 13.5. The molecule has 0 aliphatic carbocycles. The standard InChI is InChI=1S/C5H8O2.C3H7NO2S/c6-4-2-1-3-5-7;4-2(1-7)3(5)6/h4-5H,1-3H2;2,7H,1,4H2,(H,5,6). The number of nitrogens with two attached hydrogens (primary N) is 1. The lowest BCUT2D eigenvalue weighted by Gasteiger charge is -1.96. The van der Waals surface area contributed by atoms with Crippen molar-refractivity contribution in [2.24, 2.45) is 5.73 Å². The lowest BCUT2D eigenvalue weighted by Crippen LogP contribution is -2.31. The Morgan fingerprint density at radius 2 is 1.79 bits per heavy atom. The summed E-state index contributed by atoms with van der Waals surface area (Å²) >= 11 is 3.65. The normalized spacial score (nSPS) is 10.7. The molecule has 0 aromatic rings. The molecule has 0 heterocycles. The van der Waals surface area contributed by atoms with Crippen molar-refractivity contribution in [2.75, 3.05) is 5.75 Å². The molecule has 0 fully saturated rings. The van der Waals surface area contributed by atoms with Crippen molar-refractivity contribution in [3.05, 3.63) is 0 Å². The van der Waals surface area contributed by atoms with E-state index in [4.69, 9.17) is 10.8 Å². The molecule has 5 nitrogen and oxygen atoms in total. The second-order valence-corrected chi connectivity index (χ2v) is 2.76. The number of aldehydes is 2. The van der Waals surface area contributed by atoms with E-state index in [1.165, 1.54) is 0 Å². The summed E-state index contributed by atoms with van der Waals surface area (Å²) < 4.78 is 0. The van der Waals surface area contributed by atoms with E-state index in [9.17, 15) is 14.4 Å². The summed E-state index contributed by atoms with van der Waals surface area (Å²) in [6, 6.07) is -0.816. The maximum absolute atomic E-state index is 9.76. The molecule has 0 bridgehead atoms. The smallest absolute Gasteiger partial charge is 0.321 e. The van der Waals surface area contributed by atoms with Gasteiger partial charge >= 0.3 is 5.97 Å². The number of unbranched alkanes of at least 4 members (excludes halogenated alkanes) is 2. The molecule has 0 spiro atoms. The maximum atomic E-state index is 9.76. The van der Waals surface area contributed by atoms with Crippen LogP contribution in [0.2, 0.25) is 0 Å². The van der Waals surface area contributed by atoms with Crippen molar-refractivity contribution >= 4 is 31.2 Å². The number of hydrogen-bond donors (Lipinski definition) is 3. The predicted octanol–water partition coefficient (Wildman–Crippen LogP) is -0.117. The fourth-order valence-corrected chi connectivity index (χ4v) is 0.519. The van der Waals surface area contributed by atoms with Gasteiger partial charge < -0.3 is 20.4 Å². The van der Waals surface area contributed by atoms with Crippen molar-refractivity contribution in [3.63, 3.8) is 0 Å². The fraction of sp³-hybridized carbons (Fsp3) is 0.625. The highest BCUT2D eigenvalue weighted by atomic mass is 32.1. The molecule has 0 aliphatic heterocycles. The SMILES string of the molecule is NC(CS)C(=O)O.O=CCCCC=O. The molecule has 14 heavy (non-hydrogen) atoms. The lowest BCUT2D eigenvalue weighted by molar-refractivity contribution is -0.137. The Labute approximate surface area is 88.1 Å². The van der Waals surface area contributed by atoms with Crippen LogP contribution in [0.25, 0.3) is 0 Å². The summed E-state index contributed by atoms with van der Waals surface area (Å²) in [5.41, 5.74) is 4.94. The summed E-state index contributed by atoms with van der Waals surface area (Å²) in [6.45, 7) is 0. The Morgan fingerprint density at radius 1 is 1.36 bits per heavy atom. The van der Waals surface area contributed by atoms with Crippen molar-refractivity contribution < 1.29 is 19.5 Å². The Hall–Kier alpha value is -0.880. The van der Waals surface area contributed by atoms with Crippen molar-refractivity contribution in [1.29, 1.82) is 0 Å². The van der Waals surface area contributed by atoms with Gasteiger partial charge in [0.1, 0.15) is 18.6 Å². The van der Waals surface area contributed by atoms with Crippen LogP contribution in [0.15, 0.2) is 0 Å². The number of hydrogen-bond acceptors (Lipinski definition) is 5. The van der Waals surface area contributed by atoms with E-state index < -0.39 is 12.0 Å². The van der Waals surface area contributed by atoms with E-state index in [1.807, 2.05) is 0 Å². The average molecular weight is 221 g/mol. The number of aliphatic carboxylic acids is 1. The summed E-state index contributed by atoms with van der Waals surface area (Å²) in [5, 5.41) is 8.01. The van der Waals surface area contributed by atoms with Crippen LogP contribution in [0.1, 0.15) is 19.3 Å². The first kappa shape index (κ1) is 15.6. The fourth-order valence-electron chi connectivity index (χ4n) is 0.363. The second-order valence-electron chi connectivity index (χ2n) is 2.39. The van der Waals surface area contributed by atoms with Gasteiger partial charge in [0, 0.05) is 18.6 Å². The lowest BCUT2D eigenvalue weighted by atomic mass is 10.3. The summed E-state index contributed by atoms with van der Waals surface area (Å²) in [6.07, 6.45) is 3.37. The molecule has 1 atom stereocenters. The minimum absolute atomic E-state index is 0.190. The average Bonchev–Trinajstić information content (AvgIpc) is 2.18. The Bertz CT molecular complexity index is 167. The molecular weight excluding hydrogens is 206 g/mol. The number of rotatable bonds is 6. The molecule has 0 saturated carbocycles. The van der Waals surface area contributed by atoms with Crippen LogP contribution in [0, 0.1) is 0 Å². The molecule has 0 amide bonds. The highest BCUT2D eigenvalue weighted by molar-refractivity contribution is 7.80. The van der Waals surface area contributed by atoms with Gasteiger partial charge in [0.05, 0.1) is 0 Å². The minimum Gasteiger partial charge on any atom is -0.480 e. The van der Waals surface area contributed by atoms with Gasteiger partial charge in [-0.3, -0.25) is 4.79 Å². The van der Waals surface area contributed by atoms with Gasteiger partial charge in [-0.25, -0.2) is 0 Å². The van der Waals surface area contributed by atoms with E-state index in [-0.39, 0.29) is 5.75 Å². The monoisotopic (exact) mass is 221 g/mol. The van der Waals surface area contributed by atoms with Gasteiger partial charge in [-0.15, -0.1) is 0 Å². The molecule has 0 aromatic heterocycles. The third-order valence-electron chi connectivity index (χ3n) is 1.16. The first-order chi connectivity index (χ1) is 6.59. The largest absolute Gasteiger partial charge is 0.480 e. The van der Waals surface area contributed by atoms with Gasteiger partial charge in [0.25, 0.3) is 0 Å². The quantitative estimate of drug-likeness (QED) is 0.330. The van der Waals surface area contributed by atoms with Gasteiger partial charge in [0.2, 0.25) is 0 Å². The van der Waals surface area contributed by atoms with Gasteiger partial charge in [0.15, 0.2) is 0 Å². The molecule has 0 aliphatic rings. The van der Waals surface area contributed by atoms with Crippen LogP contribution < -0.4 is 5.73 Å². The number of carbonyl (C=O) groups is 3. The van der Waals surface area contributed by atoms with Crippen LogP contribution in [0.5, 0.6) is 0 Å². The van der Waals surface area contributed by atoms with Crippen molar-refractivity contribution in [1.82, 2.24) is 0 Å². The number of carboxylic acid groups (broad SMARTS) is 1. The molecule has 1 unspecified atom stereocenters. The summed E-state index contributed by atoms with van der Waals surface area (Å²) in [5.74, 6) is -0.815. The maximum Gasteiger partial charge on any atom is 0.321 e. The Morgan fingerprint density at radius 3 is 1.93 bits per heavy atom. The first-order valence-electron chi connectivity index (χ1n) is 4.06. The summed E-state index contributed by atoms with van der Waals surface area (Å²) in [4.78, 5) is 28.9. The van der Waals surface area contributed by atoms with Crippen LogP contribution in [-0.2, 0) is 14.4 Å². The second kappa shape index (κ2) is 12.1. The van der Waals surface area contributed by atoms with Gasteiger partial charge in [-0.05, 0) is 6.42 Å². The first-order valence-corrected chi connectivity index (χ1v) is 4.69. The highest BCUT2D eigenvalue weighted by Gasteiger charge is 2.06. The minimum atomic E-state index is -1.00. The van der Waals surface area contributed by atoms with Gasteiger partial charge in [-0.2, -0.15) is 12.6 Å². The molecule has 0 radical (unpaired) electrons. The van der Waals surface area contributed by atoms with E-state index in [2.05, 4.69) is 12.6 Å². The Balaban J connectivity index is 0. The third-order valence-corrected chi connectivity index (χ3v) is 1.55. The van der Waals surface area contributed by atoms with Crippen LogP contribution in [0.3, 0.4) is 0 Å². The zero-order valence-electron chi connectivity index (χ0n) is 7.76. The zero-order valence-corrected chi connectivity index (χ0v) is 8.65. The number of carboxylic acids is 1. The zero-order chi connectivity index (χ0) is 11.4. The molecule has 82 valence electrons. The van der Waals surface area contributed by atoms with Gasteiger partial charge in [-0.1, -0.05) is 0 Å². The van der Waals surface area contributed by atoms with E-state index in [1.54, 1.807) is 0 Å². The topological polar surface area (TPSA) is 97.5 Å². The van der Waals surface area contributed by atoms with E-state index in [0.717, 1.165) is 12.6 Å². The van der Waals surface area contributed by atoms with Crippen molar-refractivity contribution in [3.8, 4) is 0 Å². The van der Waals surface area contributed by atoms with E-state index in [0.29, 0.717) is 19.3 Å². The van der Waals surface area contributed by atoms with Crippen LogP contribution in [0.4, 0.5) is 0 Å². The number of thiol groups is 1. The molecule has 0 aromatic carbocycles. The molecule has 3 N–H and O–H groups in total. The molecule has 0 saturated heterocycles. The van der Waals surface area contributed by atoms with Crippen LogP contribution >= 0.6 is 12.6 Å². The molecular formula is C8H15NO4S. The molecule has 0 rings (SSSR count). The predicted molar refractivity (Wildman–Crippen MR) is 55.4 cm³/mol. The highest BCUT2D eigenvalue weighted by Crippen LogP contribution is 1.85. The van der Waals surface area contributed by atoms with E-state index >= 15 is 0 Å². The number of carbonyl (C=O) groups excluding carboxylic acids is 2. The summed E-state index contributed by atoms with van der Waals surface area (Å²) in [7, 11) is 0. The van der Waals surface area contributed by atoms with Crippen molar-refractivity contribution in [2.45, 2.75) is 25.3 Å². The molecule has 6 heteroatoms. The third kappa shape index (κ3) is 13.7.